The number of carboxylic acids is 4. The molecule has 0 fully saturated rings. The van der Waals surface area contributed by atoms with E-state index in [1.54, 1.807) is 0 Å². The number of carbonyl (C=O) groups is 4. The SMILES string of the molecule is CC(C(=O)O)N(CCN(CC(=O)O)C(C)C(=O)O)CC(=O)O. The fourth-order valence-electron chi connectivity index (χ4n) is 1.74. The lowest BCUT2D eigenvalue weighted by Crippen LogP contribution is -2.49. The van der Waals surface area contributed by atoms with E-state index in [-0.39, 0.29) is 13.1 Å². The molecule has 0 saturated heterocycles. The molecule has 2 atom stereocenters. The highest BCUT2D eigenvalue weighted by molar-refractivity contribution is 5.76. The Hall–Kier alpha value is -2.20. The first-order valence-corrected chi connectivity index (χ1v) is 6.43. The molecule has 0 heterocycles. The fourth-order valence-corrected chi connectivity index (χ4v) is 1.74. The van der Waals surface area contributed by atoms with Gasteiger partial charge in [-0.15, -0.1) is 0 Å². The van der Waals surface area contributed by atoms with E-state index in [1.165, 1.54) is 13.8 Å². The van der Waals surface area contributed by atoms with Gasteiger partial charge >= 0.3 is 23.9 Å². The quantitative estimate of drug-likeness (QED) is 0.361. The van der Waals surface area contributed by atoms with Gasteiger partial charge in [0, 0.05) is 13.1 Å². The van der Waals surface area contributed by atoms with Gasteiger partial charge in [0.15, 0.2) is 0 Å². The van der Waals surface area contributed by atoms with Gasteiger partial charge in [0.25, 0.3) is 0 Å². The molecule has 0 aliphatic carbocycles. The van der Waals surface area contributed by atoms with E-state index in [9.17, 15) is 19.2 Å². The molecule has 0 spiro atoms. The summed E-state index contributed by atoms with van der Waals surface area (Å²) in [5.74, 6) is -4.91. The third kappa shape index (κ3) is 6.99. The van der Waals surface area contributed by atoms with E-state index in [2.05, 4.69) is 0 Å². The van der Waals surface area contributed by atoms with Crippen LogP contribution in [0.2, 0.25) is 0 Å². The lowest BCUT2D eigenvalue weighted by atomic mass is 10.2. The Morgan fingerprint density at radius 2 is 1.00 bits per heavy atom. The van der Waals surface area contributed by atoms with Gasteiger partial charge in [-0.25, -0.2) is 0 Å². The van der Waals surface area contributed by atoms with E-state index in [4.69, 9.17) is 20.4 Å². The average molecular weight is 320 g/mol. The van der Waals surface area contributed by atoms with E-state index >= 15 is 0 Å². The van der Waals surface area contributed by atoms with E-state index in [0.29, 0.717) is 0 Å². The van der Waals surface area contributed by atoms with Crippen LogP contribution in [0, 0.1) is 0 Å². The third-order valence-corrected chi connectivity index (χ3v) is 3.16. The topological polar surface area (TPSA) is 156 Å². The van der Waals surface area contributed by atoms with Gasteiger partial charge in [-0.1, -0.05) is 0 Å². The van der Waals surface area contributed by atoms with Crippen molar-refractivity contribution in [2.45, 2.75) is 25.9 Å². The van der Waals surface area contributed by atoms with E-state index < -0.39 is 49.1 Å². The number of rotatable bonds is 11. The molecule has 0 aromatic rings. The summed E-state index contributed by atoms with van der Waals surface area (Å²) in [6.07, 6.45) is 0. The maximum atomic E-state index is 11.0. The summed E-state index contributed by atoms with van der Waals surface area (Å²) in [7, 11) is 0. The van der Waals surface area contributed by atoms with Crippen LogP contribution in [0.25, 0.3) is 0 Å². The molecule has 2 unspecified atom stereocenters. The van der Waals surface area contributed by atoms with Gasteiger partial charge in [-0.3, -0.25) is 29.0 Å². The largest absolute Gasteiger partial charge is 0.480 e. The Morgan fingerprint density at radius 3 is 1.18 bits per heavy atom. The first-order chi connectivity index (χ1) is 10.1. The summed E-state index contributed by atoms with van der Waals surface area (Å²) in [5, 5.41) is 35.4. The van der Waals surface area contributed by atoms with Crippen LogP contribution in [0.5, 0.6) is 0 Å². The summed E-state index contributed by atoms with van der Waals surface area (Å²) < 4.78 is 0. The van der Waals surface area contributed by atoms with Crippen molar-refractivity contribution in [3.8, 4) is 0 Å². The molecule has 0 amide bonds. The highest BCUT2D eigenvalue weighted by Gasteiger charge is 2.27. The summed E-state index contributed by atoms with van der Waals surface area (Å²) in [6, 6.07) is -2.19. The average Bonchev–Trinajstić information content (AvgIpc) is 2.38. The van der Waals surface area contributed by atoms with Crippen LogP contribution in [-0.2, 0) is 19.2 Å². The number of carboxylic acid groups (broad SMARTS) is 4. The van der Waals surface area contributed by atoms with Crippen molar-refractivity contribution in [3.05, 3.63) is 0 Å². The maximum Gasteiger partial charge on any atom is 0.320 e. The molecule has 0 radical (unpaired) electrons. The van der Waals surface area contributed by atoms with Crippen LogP contribution in [0.1, 0.15) is 13.8 Å². The molecular weight excluding hydrogens is 300 g/mol. The standard InChI is InChI=1S/C12H20N2O8/c1-7(11(19)20)13(5-9(15)16)3-4-14(6-10(17)18)8(2)12(21)22/h7-8H,3-6H2,1-2H3,(H,15,16)(H,17,18)(H,19,20)(H,21,22). The molecule has 0 bridgehead atoms. The first-order valence-electron chi connectivity index (χ1n) is 6.43. The van der Waals surface area contributed by atoms with Crippen molar-refractivity contribution in [1.29, 1.82) is 0 Å². The van der Waals surface area contributed by atoms with Crippen LogP contribution in [-0.4, -0.2) is 92.4 Å². The number of hydrogen-bond donors (Lipinski definition) is 4. The summed E-state index contributed by atoms with van der Waals surface area (Å²) in [5.41, 5.74) is 0. The highest BCUT2D eigenvalue weighted by atomic mass is 16.4. The molecule has 0 saturated carbocycles. The minimum Gasteiger partial charge on any atom is -0.480 e. The van der Waals surface area contributed by atoms with Gasteiger partial charge < -0.3 is 20.4 Å². The predicted molar refractivity (Wildman–Crippen MR) is 72.6 cm³/mol. The van der Waals surface area contributed by atoms with Gasteiger partial charge in [0.05, 0.1) is 13.1 Å². The Balaban J connectivity index is 4.93. The van der Waals surface area contributed by atoms with Crippen LogP contribution >= 0.6 is 0 Å². The smallest absolute Gasteiger partial charge is 0.320 e. The maximum absolute atomic E-state index is 11.0. The van der Waals surface area contributed by atoms with Gasteiger partial charge in [-0.05, 0) is 13.8 Å². The fraction of sp³-hybridized carbons (Fsp3) is 0.667. The molecular formula is C12H20N2O8. The molecule has 0 rings (SSSR count). The molecule has 10 nitrogen and oxygen atoms in total. The highest BCUT2D eigenvalue weighted by Crippen LogP contribution is 2.04. The Labute approximate surface area is 126 Å². The van der Waals surface area contributed by atoms with Crippen molar-refractivity contribution in [2.24, 2.45) is 0 Å². The van der Waals surface area contributed by atoms with Crippen LogP contribution in [0.15, 0.2) is 0 Å². The number of aliphatic carboxylic acids is 4. The van der Waals surface area contributed by atoms with Crippen molar-refractivity contribution < 1.29 is 39.6 Å². The minimum atomic E-state index is -1.23. The van der Waals surface area contributed by atoms with E-state index in [0.717, 1.165) is 9.80 Å². The molecule has 4 N–H and O–H groups in total. The number of hydrogen-bond acceptors (Lipinski definition) is 6. The minimum absolute atomic E-state index is 0.0926. The lowest BCUT2D eigenvalue weighted by Gasteiger charge is -2.29. The molecule has 10 heteroatoms. The number of nitrogens with zero attached hydrogens (tertiary/aromatic N) is 2. The third-order valence-electron chi connectivity index (χ3n) is 3.16. The molecule has 0 aliphatic heterocycles. The van der Waals surface area contributed by atoms with Crippen molar-refractivity contribution in [3.63, 3.8) is 0 Å². The Bertz CT molecular complexity index is 399. The van der Waals surface area contributed by atoms with Gasteiger partial charge in [0.2, 0.25) is 0 Å². The van der Waals surface area contributed by atoms with Crippen LogP contribution in [0.4, 0.5) is 0 Å². The summed E-state index contributed by atoms with van der Waals surface area (Å²) in [6.45, 7) is 1.32. The predicted octanol–water partition coefficient (Wildman–Crippen LogP) is -1.29. The van der Waals surface area contributed by atoms with E-state index in [1.807, 2.05) is 0 Å². The summed E-state index contributed by atoms with van der Waals surface area (Å²) >= 11 is 0. The zero-order valence-electron chi connectivity index (χ0n) is 12.3. The van der Waals surface area contributed by atoms with Gasteiger partial charge in [0.1, 0.15) is 12.1 Å². The summed E-state index contributed by atoms with van der Waals surface area (Å²) in [4.78, 5) is 45.7. The zero-order chi connectivity index (χ0) is 17.4. The van der Waals surface area contributed by atoms with Crippen molar-refractivity contribution in [2.75, 3.05) is 26.2 Å². The molecule has 126 valence electrons. The van der Waals surface area contributed by atoms with Crippen molar-refractivity contribution in [1.82, 2.24) is 9.80 Å². The first kappa shape index (κ1) is 19.8. The zero-order valence-corrected chi connectivity index (χ0v) is 12.3. The second kappa shape index (κ2) is 8.95. The molecule has 0 aliphatic rings. The second-order valence-electron chi connectivity index (χ2n) is 4.76. The van der Waals surface area contributed by atoms with Crippen molar-refractivity contribution >= 4 is 23.9 Å². The molecule has 0 aromatic carbocycles. The molecule has 22 heavy (non-hydrogen) atoms. The normalized spacial score (nSPS) is 13.8. The Kier molecular flexibility index (Phi) is 8.05. The van der Waals surface area contributed by atoms with Crippen LogP contribution in [0.3, 0.4) is 0 Å². The molecule has 0 aromatic heterocycles. The monoisotopic (exact) mass is 320 g/mol. The lowest BCUT2D eigenvalue weighted by molar-refractivity contribution is -0.149. The second-order valence-corrected chi connectivity index (χ2v) is 4.76. The van der Waals surface area contributed by atoms with Crippen LogP contribution < -0.4 is 0 Å². The van der Waals surface area contributed by atoms with Gasteiger partial charge in [-0.2, -0.15) is 0 Å². The Morgan fingerprint density at radius 1 is 0.727 bits per heavy atom.